The minimum Gasteiger partial charge on any atom is -0.507 e. The molecule has 66 heavy (non-hydrogen) atoms. The van der Waals surface area contributed by atoms with Crippen molar-refractivity contribution in [1.82, 2.24) is 9.56 Å². The third-order valence-corrected chi connectivity index (χ3v) is 13.2. The Morgan fingerprint density at radius 3 is 1.62 bits per heavy atom. The molecule has 2 aliphatic rings. The fourth-order valence-corrected chi connectivity index (χ4v) is 9.56. The second-order valence-electron chi connectivity index (χ2n) is 16.2. The standard InChI is InChI=1S/C55H43N3O6S2/c1-32-5-15-38(16-6-32)57(39-17-7-33(2)8-18-39)48-26-25-42(65-48)23-13-36-27-44(59)49(45(60)28-36)51-53(63)52(54(51)64)50-46(61)29-37(30-47(50)62)14-24-43-31-56-55(66-43)58(40-19-9-34(3)10-20-40)41-21-11-35(4)12-22-41/h5-31H,1-4H3,(H4,59,60,61,62,63,64)/p+1/b24-14+. The summed E-state index contributed by atoms with van der Waals surface area (Å²) in [5, 5.41) is 57.6. The molecule has 0 bridgehead atoms. The van der Waals surface area contributed by atoms with Crippen LogP contribution in [0.1, 0.15) is 38.3 Å². The largest absolute Gasteiger partial charge is 0.507 e. The lowest BCUT2D eigenvalue weighted by molar-refractivity contribution is -0.110. The smallest absolute Gasteiger partial charge is 0.251 e. The average Bonchev–Trinajstić information content (AvgIpc) is 3.97. The number of benzene rings is 6. The maximum atomic E-state index is 13.6. The van der Waals surface area contributed by atoms with Gasteiger partial charge in [0.1, 0.15) is 28.8 Å². The van der Waals surface area contributed by atoms with Crippen LogP contribution >= 0.6 is 23.1 Å². The van der Waals surface area contributed by atoms with E-state index < -0.39 is 34.5 Å². The van der Waals surface area contributed by atoms with E-state index >= 15 is 0 Å². The van der Waals surface area contributed by atoms with Crippen LogP contribution in [0.3, 0.4) is 0 Å². The van der Waals surface area contributed by atoms with E-state index in [9.17, 15) is 30.3 Å². The monoisotopic (exact) mass is 906 g/mol. The zero-order chi connectivity index (χ0) is 46.2. The lowest BCUT2D eigenvalue weighted by Gasteiger charge is -2.23. The molecule has 1 aliphatic carbocycles. The van der Waals surface area contributed by atoms with Crippen LogP contribution in [0.5, 0.6) is 23.0 Å². The van der Waals surface area contributed by atoms with Gasteiger partial charge in [0.15, 0.2) is 5.13 Å². The molecule has 0 spiro atoms. The van der Waals surface area contributed by atoms with Crippen molar-refractivity contribution in [3.63, 3.8) is 0 Å². The van der Waals surface area contributed by atoms with Crippen LogP contribution in [0, 0.1) is 27.7 Å². The molecule has 0 saturated heterocycles. The van der Waals surface area contributed by atoms with E-state index in [1.807, 2.05) is 38.2 Å². The number of carbonyl (C=O) groups is 1. The number of hydrogen-bond acceptors (Lipinski definition) is 10. The Morgan fingerprint density at radius 2 is 1.11 bits per heavy atom. The number of ketones is 1. The first kappa shape index (κ1) is 43.4. The van der Waals surface area contributed by atoms with Crippen LogP contribution in [0.25, 0.3) is 29.4 Å². The number of thioether (sulfide) groups is 1. The zero-order valence-electron chi connectivity index (χ0n) is 36.4. The molecule has 0 radical (unpaired) electrons. The molecular formula is C55H44N3O6S2+. The van der Waals surface area contributed by atoms with Crippen molar-refractivity contribution in [3.8, 4) is 23.0 Å². The number of aromatic nitrogens is 1. The molecule has 326 valence electrons. The molecule has 0 unspecified atom stereocenters. The fraction of sp³-hybridized carbons (Fsp3) is 0.0727. The summed E-state index contributed by atoms with van der Waals surface area (Å²) in [7, 11) is 0. The first-order valence-corrected chi connectivity index (χ1v) is 22.7. The Balaban J connectivity index is 0.958. The number of aliphatic hydroxyl groups is 1. The minimum absolute atomic E-state index is 0.255. The Hall–Kier alpha value is -7.86. The Kier molecular flexibility index (Phi) is 11.8. The van der Waals surface area contributed by atoms with Crippen molar-refractivity contribution in [2.75, 3.05) is 4.90 Å². The van der Waals surface area contributed by atoms with Gasteiger partial charge in [-0.05, 0) is 117 Å². The predicted octanol–water partition coefficient (Wildman–Crippen LogP) is 11.4. The summed E-state index contributed by atoms with van der Waals surface area (Å²) in [4.78, 5) is 22.1. The van der Waals surface area contributed by atoms with Gasteiger partial charge < -0.3 is 25.5 Å². The van der Waals surface area contributed by atoms with Crippen LogP contribution in [-0.2, 0) is 4.79 Å². The lowest BCUT2D eigenvalue weighted by Crippen LogP contribution is -2.28. The van der Waals surface area contributed by atoms with Crippen LogP contribution in [-0.4, -0.2) is 41.3 Å². The van der Waals surface area contributed by atoms with Gasteiger partial charge in [-0.15, -0.1) is 4.58 Å². The molecule has 1 aromatic heterocycles. The van der Waals surface area contributed by atoms with E-state index in [2.05, 4.69) is 120 Å². The van der Waals surface area contributed by atoms with Gasteiger partial charge in [0.05, 0.1) is 21.9 Å². The number of Topliss-reactive ketones (excluding diaryl/α,β-unsaturated/α-hetero) is 1. The summed E-state index contributed by atoms with van der Waals surface area (Å²) in [6, 6.07) is 38.6. The van der Waals surface area contributed by atoms with Crippen molar-refractivity contribution in [2.45, 2.75) is 27.7 Å². The summed E-state index contributed by atoms with van der Waals surface area (Å²) >= 11 is 3.03. The number of aryl methyl sites for hydroxylation is 4. The maximum Gasteiger partial charge on any atom is 0.251 e. The first-order valence-electron chi connectivity index (χ1n) is 21.1. The minimum atomic E-state index is -0.767. The van der Waals surface area contributed by atoms with Crippen LogP contribution < -0.4 is 19.9 Å². The summed E-state index contributed by atoms with van der Waals surface area (Å²) in [6.07, 6.45) is 12.9. The highest BCUT2D eigenvalue weighted by Gasteiger charge is 2.39. The molecule has 0 fully saturated rings. The number of hydrogen-bond donors (Lipinski definition) is 5. The van der Waals surface area contributed by atoms with Gasteiger partial charge in [-0.25, -0.2) is 4.98 Å². The molecule has 0 atom stereocenters. The van der Waals surface area contributed by atoms with Gasteiger partial charge in [0.25, 0.3) is 5.04 Å². The van der Waals surface area contributed by atoms with E-state index in [0.717, 1.165) is 53.8 Å². The highest BCUT2D eigenvalue weighted by atomic mass is 32.2. The molecule has 5 N–H and O–H groups in total. The van der Waals surface area contributed by atoms with Crippen molar-refractivity contribution >= 4 is 91.2 Å². The molecule has 9 nitrogen and oxygen atoms in total. The normalized spacial score (nSPS) is 14.1. The molecule has 0 amide bonds. The summed E-state index contributed by atoms with van der Waals surface area (Å²) in [6.45, 7) is 8.19. The number of rotatable bonds is 9. The number of allylic oxidation sites excluding steroid dienone is 4. The third-order valence-electron chi connectivity index (χ3n) is 11.3. The highest BCUT2D eigenvalue weighted by Crippen LogP contribution is 2.45. The number of thiazole rings is 1. The van der Waals surface area contributed by atoms with Gasteiger partial charge in [-0.2, -0.15) is 0 Å². The van der Waals surface area contributed by atoms with E-state index in [1.54, 1.807) is 30.1 Å². The van der Waals surface area contributed by atoms with Gasteiger partial charge in [0, 0.05) is 57.7 Å². The second-order valence-corrected chi connectivity index (χ2v) is 18.3. The molecule has 9 rings (SSSR count). The second kappa shape index (κ2) is 18.0. The Morgan fingerprint density at radius 1 is 0.591 bits per heavy atom. The fourth-order valence-electron chi connectivity index (χ4n) is 7.75. The van der Waals surface area contributed by atoms with Crippen molar-refractivity contribution < 1.29 is 30.3 Å². The van der Waals surface area contributed by atoms with Gasteiger partial charge in [0.2, 0.25) is 17.2 Å². The number of phenols is 4. The molecule has 7 aromatic rings. The zero-order valence-corrected chi connectivity index (χ0v) is 38.0. The van der Waals surface area contributed by atoms with Crippen molar-refractivity contribution in [2.24, 2.45) is 0 Å². The van der Waals surface area contributed by atoms with Crippen LogP contribution in [0.15, 0.2) is 156 Å². The van der Waals surface area contributed by atoms with E-state index in [4.69, 9.17) is 4.98 Å². The predicted molar refractivity (Wildman–Crippen MR) is 270 cm³/mol. The molecule has 1 aliphatic heterocycles. The summed E-state index contributed by atoms with van der Waals surface area (Å²) in [5.74, 6) is -3.08. The van der Waals surface area contributed by atoms with E-state index in [-0.39, 0.29) is 21.9 Å². The number of phenolic OH excluding ortho intramolecular Hbond substituents is 4. The molecule has 6 aromatic carbocycles. The number of aromatic hydroxyl groups is 4. The first-order chi connectivity index (χ1) is 31.8. The number of aliphatic hydroxyl groups excluding tert-OH is 1. The van der Waals surface area contributed by atoms with Crippen LogP contribution in [0.4, 0.5) is 27.9 Å². The molecule has 2 heterocycles. The Bertz CT molecular complexity index is 3220. The Labute approximate surface area is 389 Å². The average molecular weight is 907 g/mol. The lowest BCUT2D eigenvalue weighted by atomic mass is 9.81. The van der Waals surface area contributed by atoms with Crippen molar-refractivity contribution in [1.29, 1.82) is 0 Å². The van der Waals surface area contributed by atoms with Crippen LogP contribution in [0.2, 0.25) is 0 Å². The topological polar surface area (TPSA) is 137 Å². The third kappa shape index (κ3) is 8.69. The number of carbonyl (C=O) groups excluding carboxylic acids is 1. The number of nitrogens with zero attached hydrogens (tertiary/aromatic N) is 3. The molecular weight excluding hydrogens is 863 g/mol. The van der Waals surface area contributed by atoms with Gasteiger partial charge in [-0.1, -0.05) is 94.3 Å². The van der Waals surface area contributed by atoms with Crippen molar-refractivity contribution in [3.05, 3.63) is 205 Å². The maximum absolute atomic E-state index is 13.6. The number of anilines is 3. The van der Waals surface area contributed by atoms with Gasteiger partial charge >= 0.3 is 0 Å². The highest BCUT2D eigenvalue weighted by molar-refractivity contribution is 8.18. The van der Waals surface area contributed by atoms with E-state index in [1.165, 1.54) is 46.7 Å². The molecule has 11 heteroatoms. The van der Waals surface area contributed by atoms with Gasteiger partial charge in [-0.3, -0.25) is 9.69 Å². The summed E-state index contributed by atoms with van der Waals surface area (Å²) < 4.78 is 2.19. The SMILES string of the molecule is Cc1ccc(N(c2ccc(C)cc2)c2ncc(/C=C/c3cc(O)c(C4=C(O)C(=c5c(O)cc(=C/C=C6\C=CC(=[N+](c7ccc(C)cc7)c7ccc(C)cc7)S6)cc5O)C4=O)c(O)c3)s2)cc1. The van der Waals surface area contributed by atoms with E-state index in [0.29, 0.717) is 10.8 Å². The summed E-state index contributed by atoms with van der Waals surface area (Å²) in [5.41, 5.74) is 8.09. The quantitative estimate of drug-likeness (QED) is 0.0897. The molecule has 0 saturated carbocycles.